The number of fused-ring (bicyclic) bond motifs is 1. The van der Waals surface area contributed by atoms with Crippen LogP contribution in [0.5, 0.6) is 0 Å². The Kier molecular flexibility index (Phi) is 7.40. The summed E-state index contributed by atoms with van der Waals surface area (Å²) in [5.41, 5.74) is 1.59. The summed E-state index contributed by atoms with van der Waals surface area (Å²) in [5, 5.41) is 13.1. The fraction of sp³-hybridized carbons (Fsp3) is 0.440. The van der Waals surface area contributed by atoms with Crippen LogP contribution in [0.25, 0.3) is 0 Å². The van der Waals surface area contributed by atoms with E-state index in [9.17, 15) is 22.8 Å². The van der Waals surface area contributed by atoms with Gasteiger partial charge in [-0.05, 0) is 41.8 Å². The van der Waals surface area contributed by atoms with Crippen molar-refractivity contribution in [1.29, 1.82) is 0 Å². The van der Waals surface area contributed by atoms with E-state index in [1.54, 1.807) is 6.07 Å². The average Bonchev–Trinajstić information content (AvgIpc) is 2.82. The first kappa shape index (κ1) is 25.5. The summed E-state index contributed by atoms with van der Waals surface area (Å²) in [5.74, 6) is -0.621. The highest BCUT2D eigenvalue weighted by atomic mass is 35.5. The minimum Gasteiger partial charge on any atom is -0.352 e. The van der Waals surface area contributed by atoms with Crippen LogP contribution in [0.4, 0.5) is 13.2 Å². The molecule has 188 valence electrons. The summed E-state index contributed by atoms with van der Waals surface area (Å²) < 4.78 is 38.7. The van der Waals surface area contributed by atoms with Gasteiger partial charge in [0.05, 0.1) is 11.5 Å². The Labute approximate surface area is 207 Å². The zero-order chi connectivity index (χ0) is 25.3. The van der Waals surface area contributed by atoms with Gasteiger partial charge in [0.2, 0.25) is 11.8 Å². The number of carbonyl (C=O) groups is 2. The third-order valence-electron chi connectivity index (χ3n) is 6.57. The maximum absolute atomic E-state index is 12.9. The average molecular weight is 509 g/mol. The maximum Gasteiger partial charge on any atom is 0.416 e. The normalized spacial score (nSPS) is 24.6. The van der Waals surface area contributed by atoms with Crippen LogP contribution < -0.4 is 21.3 Å². The molecule has 2 aliphatic heterocycles. The number of nitrogens with one attached hydrogen (secondary N) is 4. The Morgan fingerprint density at radius 3 is 2.54 bits per heavy atom. The molecule has 2 aliphatic rings. The highest BCUT2D eigenvalue weighted by molar-refractivity contribution is 6.31. The van der Waals surface area contributed by atoms with E-state index in [2.05, 4.69) is 21.3 Å². The SMILES string of the molecule is CC(C)C(=O)NCc1ccc(Cl)c(C2NC(=O)C3CNC(c4ccc(C(F)(F)F)cc4)CC3N2)c1. The Bertz CT molecular complexity index is 1090. The minimum atomic E-state index is -4.38. The van der Waals surface area contributed by atoms with Gasteiger partial charge >= 0.3 is 6.18 Å². The molecule has 0 bridgehead atoms. The van der Waals surface area contributed by atoms with Crippen LogP contribution in [-0.4, -0.2) is 24.4 Å². The van der Waals surface area contributed by atoms with Crippen LogP contribution >= 0.6 is 11.6 Å². The number of benzene rings is 2. The molecule has 2 saturated heterocycles. The standard InChI is InChI=1S/C25H28ClF3N4O2/c1-13(2)23(34)31-11-14-3-8-19(26)17(9-14)22-32-21-10-20(30-12-18(21)24(35)33-22)15-4-6-16(7-5-15)25(27,28)29/h3-9,13,18,20-22,30,32H,10-12H2,1-2H3,(H,31,34)(H,33,35). The first-order valence-electron chi connectivity index (χ1n) is 11.6. The van der Waals surface area contributed by atoms with Crippen LogP contribution in [0, 0.1) is 11.8 Å². The second-order valence-corrected chi connectivity index (χ2v) is 9.77. The zero-order valence-electron chi connectivity index (χ0n) is 19.4. The largest absolute Gasteiger partial charge is 0.416 e. The Morgan fingerprint density at radius 1 is 1.17 bits per heavy atom. The van der Waals surface area contributed by atoms with Crippen LogP contribution in [0.1, 0.15) is 54.7 Å². The van der Waals surface area contributed by atoms with Crippen LogP contribution in [0.2, 0.25) is 5.02 Å². The van der Waals surface area contributed by atoms with E-state index in [4.69, 9.17) is 11.6 Å². The lowest BCUT2D eigenvalue weighted by Crippen LogP contribution is -2.62. The molecule has 2 fully saturated rings. The first-order chi connectivity index (χ1) is 16.5. The van der Waals surface area contributed by atoms with Crippen molar-refractivity contribution in [3.8, 4) is 0 Å². The monoisotopic (exact) mass is 508 g/mol. The van der Waals surface area contributed by atoms with Crippen molar-refractivity contribution >= 4 is 23.4 Å². The molecule has 6 nitrogen and oxygen atoms in total. The molecule has 4 N–H and O–H groups in total. The van der Waals surface area contributed by atoms with E-state index in [0.29, 0.717) is 30.1 Å². The Morgan fingerprint density at radius 2 is 1.89 bits per heavy atom. The number of piperidine rings is 1. The Balaban J connectivity index is 1.48. The van der Waals surface area contributed by atoms with Gasteiger partial charge in [-0.15, -0.1) is 0 Å². The molecule has 2 amide bonds. The van der Waals surface area contributed by atoms with Gasteiger partial charge < -0.3 is 16.0 Å². The van der Waals surface area contributed by atoms with Gasteiger partial charge in [0.15, 0.2) is 0 Å². The predicted octanol–water partition coefficient (Wildman–Crippen LogP) is 4.07. The predicted molar refractivity (Wildman–Crippen MR) is 126 cm³/mol. The lowest BCUT2D eigenvalue weighted by Gasteiger charge is -2.43. The lowest BCUT2D eigenvalue weighted by atomic mass is 9.83. The molecule has 0 radical (unpaired) electrons. The van der Waals surface area contributed by atoms with Crippen molar-refractivity contribution in [2.75, 3.05) is 6.54 Å². The molecule has 35 heavy (non-hydrogen) atoms. The van der Waals surface area contributed by atoms with E-state index < -0.39 is 17.9 Å². The number of hydrogen-bond donors (Lipinski definition) is 4. The quantitative estimate of drug-likeness (QED) is 0.491. The molecule has 2 heterocycles. The first-order valence-corrected chi connectivity index (χ1v) is 11.9. The summed E-state index contributed by atoms with van der Waals surface area (Å²) in [6.45, 7) is 4.37. The molecule has 4 atom stereocenters. The summed E-state index contributed by atoms with van der Waals surface area (Å²) in [6, 6.07) is 10.2. The molecule has 2 aromatic rings. The second-order valence-electron chi connectivity index (χ2n) is 9.37. The second kappa shape index (κ2) is 10.2. The van der Waals surface area contributed by atoms with Crippen molar-refractivity contribution in [1.82, 2.24) is 21.3 Å². The summed E-state index contributed by atoms with van der Waals surface area (Å²) in [7, 11) is 0. The topological polar surface area (TPSA) is 82.3 Å². The van der Waals surface area contributed by atoms with E-state index in [1.807, 2.05) is 26.0 Å². The van der Waals surface area contributed by atoms with Gasteiger partial charge in [-0.25, -0.2) is 0 Å². The van der Waals surface area contributed by atoms with Gasteiger partial charge in [-0.3, -0.25) is 14.9 Å². The molecule has 10 heteroatoms. The molecule has 0 aliphatic carbocycles. The van der Waals surface area contributed by atoms with Crippen LogP contribution in [0.3, 0.4) is 0 Å². The van der Waals surface area contributed by atoms with Gasteiger partial charge in [0.25, 0.3) is 0 Å². The van der Waals surface area contributed by atoms with E-state index in [-0.39, 0.29) is 35.7 Å². The number of alkyl halides is 3. The van der Waals surface area contributed by atoms with Crippen LogP contribution in [0.15, 0.2) is 42.5 Å². The summed E-state index contributed by atoms with van der Waals surface area (Å²) in [6.07, 6.45) is -4.38. The third-order valence-corrected chi connectivity index (χ3v) is 6.91. The molecule has 4 unspecified atom stereocenters. The van der Waals surface area contributed by atoms with Crippen molar-refractivity contribution in [3.05, 3.63) is 69.7 Å². The molecule has 2 aromatic carbocycles. The minimum absolute atomic E-state index is 0.0579. The molecular formula is C25H28ClF3N4O2. The fourth-order valence-electron chi connectivity index (χ4n) is 4.52. The van der Waals surface area contributed by atoms with Crippen LogP contribution in [-0.2, 0) is 22.3 Å². The number of hydrogen-bond acceptors (Lipinski definition) is 4. The number of halogens is 4. The number of carbonyl (C=O) groups excluding carboxylic acids is 2. The summed E-state index contributed by atoms with van der Waals surface area (Å²) in [4.78, 5) is 24.8. The van der Waals surface area contributed by atoms with Crippen molar-refractivity contribution in [3.63, 3.8) is 0 Å². The highest BCUT2D eigenvalue weighted by Gasteiger charge is 2.41. The van der Waals surface area contributed by atoms with Gasteiger partial charge in [-0.2, -0.15) is 13.2 Å². The van der Waals surface area contributed by atoms with E-state index >= 15 is 0 Å². The molecular weight excluding hydrogens is 481 g/mol. The maximum atomic E-state index is 12.9. The summed E-state index contributed by atoms with van der Waals surface area (Å²) >= 11 is 6.46. The van der Waals surface area contributed by atoms with E-state index in [1.165, 1.54) is 12.1 Å². The van der Waals surface area contributed by atoms with Crippen molar-refractivity contribution in [2.45, 2.75) is 51.2 Å². The molecule has 0 spiro atoms. The lowest BCUT2D eigenvalue weighted by molar-refractivity contribution is -0.137. The third kappa shape index (κ3) is 5.79. The van der Waals surface area contributed by atoms with Crippen molar-refractivity contribution in [2.24, 2.45) is 11.8 Å². The zero-order valence-corrected chi connectivity index (χ0v) is 20.1. The molecule has 4 rings (SSSR count). The Hall–Kier alpha value is -2.62. The smallest absolute Gasteiger partial charge is 0.352 e. The van der Waals surface area contributed by atoms with Gasteiger partial charge in [0.1, 0.15) is 6.17 Å². The van der Waals surface area contributed by atoms with E-state index in [0.717, 1.165) is 23.3 Å². The van der Waals surface area contributed by atoms with Crippen molar-refractivity contribution < 1.29 is 22.8 Å². The van der Waals surface area contributed by atoms with Gasteiger partial charge in [0, 0.05) is 41.7 Å². The highest BCUT2D eigenvalue weighted by Crippen LogP contribution is 2.34. The molecule has 0 aromatic heterocycles. The number of rotatable bonds is 5. The molecule has 0 saturated carbocycles. The van der Waals surface area contributed by atoms with Gasteiger partial charge in [-0.1, -0.05) is 43.6 Å². The number of amides is 2. The fourth-order valence-corrected chi connectivity index (χ4v) is 4.75.